The lowest BCUT2D eigenvalue weighted by molar-refractivity contribution is -0.114. The number of rotatable bonds is 4. The van der Waals surface area contributed by atoms with Crippen molar-refractivity contribution < 1.29 is 4.79 Å². The van der Waals surface area contributed by atoms with E-state index >= 15 is 0 Å². The Hall–Kier alpha value is -2.81. The van der Waals surface area contributed by atoms with Gasteiger partial charge in [-0.25, -0.2) is 0 Å². The summed E-state index contributed by atoms with van der Waals surface area (Å²) in [6.45, 7) is 3.52. The van der Waals surface area contributed by atoms with Gasteiger partial charge in [-0.05, 0) is 29.2 Å². The molecule has 0 fully saturated rings. The van der Waals surface area contributed by atoms with Gasteiger partial charge in [-0.15, -0.1) is 0 Å². The lowest BCUT2D eigenvalue weighted by Crippen LogP contribution is -2.01. The number of aromatic nitrogens is 2. The SMILES string of the molecule is C=CC(=O)Cc1cnccc1-c1nccc2ccccc12. The molecule has 3 nitrogen and oxygen atoms in total. The van der Waals surface area contributed by atoms with Gasteiger partial charge in [0.05, 0.1) is 5.69 Å². The first kappa shape index (κ1) is 13.2. The van der Waals surface area contributed by atoms with E-state index in [1.54, 1.807) is 18.6 Å². The number of fused-ring (bicyclic) bond motifs is 1. The quantitative estimate of drug-likeness (QED) is 0.683. The molecule has 0 aliphatic rings. The number of pyridine rings is 2. The highest BCUT2D eigenvalue weighted by Crippen LogP contribution is 2.28. The summed E-state index contributed by atoms with van der Waals surface area (Å²) in [5, 5.41) is 2.19. The molecule has 3 aromatic rings. The third kappa shape index (κ3) is 2.58. The van der Waals surface area contributed by atoms with E-state index in [2.05, 4.69) is 22.6 Å². The van der Waals surface area contributed by atoms with Crippen molar-refractivity contribution in [2.75, 3.05) is 0 Å². The van der Waals surface area contributed by atoms with E-state index in [0.717, 1.165) is 27.6 Å². The van der Waals surface area contributed by atoms with E-state index in [-0.39, 0.29) is 12.2 Å². The van der Waals surface area contributed by atoms with Crippen molar-refractivity contribution in [3.05, 3.63) is 73.2 Å². The molecular formula is C18H14N2O. The standard InChI is InChI=1S/C18H14N2O/c1-2-15(21)11-14-12-19-9-8-17(14)18-16-6-4-3-5-13(16)7-10-20-18/h2-10,12H,1,11H2. The van der Waals surface area contributed by atoms with E-state index < -0.39 is 0 Å². The van der Waals surface area contributed by atoms with Gasteiger partial charge in [0.2, 0.25) is 0 Å². The molecule has 0 saturated heterocycles. The normalized spacial score (nSPS) is 10.5. The molecule has 0 unspecified atom stereocenters. The van der Waals surface area contributed by atoms with Crippen LogP contribution in [0.25, 0.3) is 22.0 Å². The molecule has 1 aromatic carbocycles. The summed E-state index contributed by atoms with van der Waals surface area (Å²) in [6.07, 6.45) is 6.86. The van der Waals surface area contributed by atoms with Crippen molar-refractivity contribution in [1.82, 2.24) is 9.97 Å². The van der Waals surface area contributed by atoms with E-state index in [0.29, 0.717) is 0 Å². The first-order valence-corrected chi connectivity index (χ1v) is 6.72. The fraction of sp³-hybridized carbons (Fsp3) is 0.0556. The summed E-state index contributed by atoms with van der Waals surface area (Å²) in [7, 11) is 0. The van der Waals surface area contributed by atoms with Crippen LogP contribution >= 0.6 is 0 Å². The second kappa shape index (κ2) is 5.67. The Morgan fingerprint density at radius 1 is 1.14 bits per heavy atom. The van der Waals surface area contributed by atoms with Crippen LogP contribution in [0.3, 0.4) is 0 Å². The van der Waals surface area contributed by atoms with Gasteiger partial charge in [-0.2, -0.15) is 0 Å². The molecule has 0 spiro atoms. The van der Waals surface area contributed by atoms with Crippen molar-refractivity contribution in [2.24, 2.45) is 0 Å². The van der Waals surface area contributed by atoms with Gasteiger partial charge in [-0.3, -0.25) is 14.8 Å². The maximum Gasteiger partial charge on any atom is 0.159 e. The third-order valence-electron chi connectivity index (χ3n) is 3.42. The van der Waals surface area contributed by atoms with Crippen molar-refractivity contribution in [3.8, 4) is 11.3 Å². The molecule has 0 amide bonds. The maximum absolute atomic E-state index is 11.7. The van der Waals surface area contributed by atoms with Gasteiger partial charge < -0.3 is 0 Å². The van der Waals surface area contributed by atoms with E-state index in [1.165, 1.54) is 6.08 Å². The molecule has 3 heteroatoms. The number of carbonyl (C=O) groups is 1. The first-order valence-electron chi connectivity index (χ1n) is 6.72. The monoisotopic (exact) mass is 274 g/mol. The Bertz CT molecular complexity index is 819. The Balaban J connectivity index is 2.19. The van der Waals surface area contributed by atoms with Gasteiger partial charge in [0.15, 0.2) is 5.78 Å². The zero-order valence-corrected chi connectivity index (χ0v) is 11.5. The number of hydrogen-bond donors (Lipinski definition) is 0. The molecule has 0 bridgehead atoms. The highest BCUT2D eigenvalue weighted by molar-refractivity contribution is 5.97. The zero-order valence-electron chi connectivity index (χ0n) is 11.5. The minimum absolute atomic E-state index is 0.0236. The van der Waals surface area contributed by atoms with Crippen molar-refractivity contribution in [2.45, 2.75) is 6.42 Å². The molecule has 2 heterocycles. The molecule has 0 aliphatic carbocycles. The van der Waals surface area contributed by atoms with Crippen LogP contribution in [0.2, 0.25) is 0 Å². The van der Waals surface area contributed by atoms with Gasteiger partial charge >= 0.3 is 0 Å². The highest BCUT2D eigenvalue weighted by atomic mass is 16.1. The highest BCUT2D eigenvalue weighted by Gasteiger charge is 2.11. The predicted molar refractivity (Wildman–Crippen MR) is 83.9 cm³/mol. The lowest BCUT2D eigenvalue weighted by Gasteiger charge is -2.09. The number of hydrogen-bond acceptors (Lipinski definition) is 3. The summed E-state index contributed by atoms with van der Waals surface area (Å²) in [6, 6.07) is 12.0. The van der Waals surface area contributed by atoms with Crippen LogP contribution in [-0.2, 0) is 11.2 Å². The summed E-state index contributed by atoms with van der Waals surface area (Å²) >= 11 is 0. The Labute approximate surface area is 123 Å². The van der Waals surface area contributed by atoms with Crippen LogP contribution in [0.1, 0.15) is 5.56 Å². The molecule has 0 saturated carbocycles. The average Bonchev–Trinajstić information content (AvgIpc) is 2.55. The van der Waals surface area contributed by atoms with Crippen molar-refractivity contribution in [1.29, 1.82) is 0 Å². The fourth-order valence-electron chi connectivity index (χ4n) is 2.39. The van der Waals surface area contributed by atoms with E-state index in [4.69, 9.17) is 0 Å². The number of carbonyl (C=O) groups excluding carboxylic acids is 1. The molecule has 0 atom stereocenters. The summed E-state index contributed by atoms with van der Waals surface area (Å²) < 4.78 is 0. The Morgan fingerprint density at radius 3 is 2.86 bits per heavy atom. The molecule has 0 aliphatic heterocycles. The summed E-state index contributed by atoms with van der Waals surface area (Å²) in [5.41, 5.74) is 2.69. The van der Waals surface area contributed by atoms with Gasteiger partial charge in [0, 0.05) is 36.0 Å². The van der Waals surface area contributed by atoms with Crippen LogP contribution < -0.4 is 0 Å². The number of nitrogens with zero attached hydrogens (tertiary/aromatic N) is 2. The maximum atomic E-state index is 11.7. The van der Waals surface area contributed by atoms with Crippen LogP contribution in [0.5, 0.6) is 0 Å². The van der Waals surface area contributed by atoms with Gasteiger partial charge in [0.25, 0.3) is 0 Å². The van der Waals surface area contributed by atoms with E-state index in [1.807, 2.05) is 30.3 Å². The molecule has 3 rings (SSSR count). The molecule has 102 valence electrons. The molecular weight excluding hydrogens is 260 g/mol. The van der Waals surface area contributed by atoms with Crippen LogP contribution in [0, 0.1) is 0 Å². The summed E-state index contributed by atoms with van der Waals surface area (Å²) in [5.74, 6) is -0.0236. The third-order valence-corrected chi connectivity index (χ3v) is 3.42. The van der Waals surface area contributed by atoms with Crippen LogP contribution in [0.15, 0.2) is 67.6 Å². The smallest absolute Gasteiger partial charge is 0.159 e. The lowest BCUT2D eigenvalue weighted by atomic mass is 9.98. The number of allylic oxidation sites excluding steroid dienone is 1. The van der Waals surface area contributed by atoms with Crippen LogP contribution in [0.4, 0.5) is 0 Å². The minimum Gasteiger partial charge on any atom is -0.295 e. The molecule has 21 heavy (non-hydrogen) atoms. The Kier molecular flexibility index (Phi) is 3.56. The molecule has 2 aromatic heterocycles. The second-order valence-corrected chi connectivity index (χ2v) is 4.76. The van der Waals surface area contributed by atoms with Gasteiger partial charge in [0.1, 0.15) is 0 Å². The number of benzene rings is 1. The zero-order chi connectivity index (χ0) is 14.7. The molecule has 0 radical (unpaired) electrons. The fourth-order valence-corrected chi connectivity index (χ4v) is 2.39. The second-order valence-electron chi connectivity index (χ2n) is 4.76. The predicted octanol–water partition coefficient (Wildman–Crippen LogP) is 3.59. The topological polar surface area (TPSA) is 42.9 Å². The molecule has 0 N–H and O–H groups in total. The largest absolute Gasteiger partial charge is 0.295 e. The average molecular weight is 274 g/mol. The van der Waals surface area contributed by atoms with E-state index in [9.17, 15) is 4.79 Å². The number of ketones is 1. The van der Waals surface area contributed by atoms with Crippen LogP contribution in [-0.4, -0.2) is 15.8 Å². The van der Waals surface area contributed by atoms with Crippen molar-refractivity contribution >= 4 is 16.6 Å². The Morgan fingerprint density at radius 2 is 2.00 bits per heavy atom. The minimum atomic E-state index is -0.0236. The summed E-state index contributed by atoms with van der Waals surface area (Å²) in [4.78, 5) is 20.3. The van der Waals surface area contributed by atoms with Crippen molar-refractivity contribution in [3.63, 3.8) is 0 Å². The van der Waals surface area contributed by atoms with Gasteiger partial charge in [-0.1, -0.05) is 30.8 Å². The first-order chi connectivity index (χ1) is 10.3.